The van der Waals surface area contributed by atoms with E-state index in [4.69, 9.17) is 12.2 Å². The Bertz CT molecular complexity index is 374. The van der Waals surface area contributed by atoms with Crippen LogP contribution in [0.3, 0.4) is 0 Å². The Kier molecular flexibility index (Phi) is 4.78. The lowest BCUT2D eigenvalue weighted by Crippen LogP contribution is -2.37. The Morgan fingerprint density at radius 2 is 2.19 bits per heavy atom. The molecule has 86 valence electrons. The fraction of sp³-hybridized carbons (Fsp3) is 0.400. The van der Waals surface area contributed by atoms with Crippen molar-refractivity contribution in [2.45, 2.75) is 26.8 Å². The van der Waals surface area contributed by atoms with Gasteiger partial charge in [-0.2, -0.15) is 5.10 Å². The number of nitrogens with one attached hydrogen (secondary N) is 2. The first kappa shape index (κ1) is 12.5. The van der Waals surface area contributed by atoms with Crippen molar-refractivity contribution < 1.29 is 0 Å². The van der Waals surface area contributed by atoms with Crippen molar-refractivity contribution in [3.63, 3.8) is 0 Å². The van der Waals surface area contributed by atoms with Gasteiger partial charge in [-0.3, -0.25) is 15.4 Å². The zero-order valence-electron chi connectivity index (χ0n) is 9.56. The van der Waals surface area contributed by atoms with Gasteiger partial charge < -0.3 is 5.32 Å². The summed E-state index contributed by atoms with van der Waals surface area (Å²) in [6, 6.07) is 0.284. The van der Waals surface area contributed by atoms with Gasteiger partial charge in [0.1, 0.15) is 5.69 Å². The maximum atomic E-state index is 5.03. The first-order valence-electron chi connectivity index (χ1n) is 4.96. The van der Waals surface area contributed by atoms with E-state index in [1.54, 1.807) is 18.6 Å². The maximum absolute atomic E-state index is 5.03. The smallest absolute Gasteiger partial charge is 0.187 e. The lowest BCUT2D eigenvalue weighted by atomic mass is 10.3. The number of rotatable bonds is 3. The minimum atomic E-state index is 0.284. The topological polar surface area (TPSA) is 62.2 Å². The SMILES string of the molecule is CC(=NNC(=S)NC(C)C)c1cnccn1. The van der Waals surface area contributed by atoms with Crippen molar-refractivity contribution in [3.05, 3.63) is 24.3 Å². The first-order valence-corrected chi connectivity index (χ1v) is 5.37. The maximum Gasteiger partial charge on any atom is 0.187 e. The third-order valence-corrected chi connectivity index (χ3v) is 1.89. The molecule has 5 nitrogen and oxygen atoms in total. The zero-order chi connectivity index (χ0) is 12.0. The van der Waals surface area contributed by atoms with Crippen LogP contribution >= 0.6 is 12.2 Å². The molecule has 16 heavy (non-hydrogen) atoms. The number of hydrogen-bond acceptors (Lipinski definition) is 4. The summed E-state index contributed by atoms with van der Waals surface area (Å²) >= 11 is 5.03. The Morgan fingerprint density at radius 1 is 1.44 bits per heavy atom. The quantitative estimate of drug-likeness (QED) is 0.468. The highest BCUT2D eigenvalue weighted by molar-refractivity contribution is 7.80. The van der Waals surface area contributed by atoms with E-state index in [2.05, 4.69) is 25.8 Å². The normalized spacial score (nSPS) is 11.4. The monoisotopic (exact) mass is 237 g/mol. The van der Waals surface area contributed by atoms with E-state index in [1.165, 1.54) is 0 Å². The molecule has 0 radical (unpaired) electrons. The largest absolute Gasteiger partial charge is 0.359 e. The molecular formula is C10H15N5S. The van der Waals surface area contributed by atoms with Gasteiger partial charge in [0.05, 0.1) is 11.9 Å². The van der Waals surface area contributed by atoms with Crippen LogP contribution in [0.2, 0.25) is 0 Å². The zero-order valence-corrected chi connectivity index (χ0v) is 10.4. The molecule has 0 amide bonds. The van der Waals surface area contributed by atoms with Crippen LogP contribution in [0.1, 0.15) is 26.5 Å². The average molecular weight is 237 g/mol. The number of nitrogens with zero attached hydrogens (tertiary/aromatic N) is 3. The Labute approximate surface area is 100 Å². The van der Waals surface area contributed by atoms with E-state index in [9.17, 15) is 0 Å². The summed E-state index contributed by atoms with van der Waals surface area (Å²) < 4.78 is 0. The molecule has 0 aliphatic rings. The van der Waals surface area contributed by atoms with Gasteiger partial charge in [0.2, 0.25) is 0 Å². The number of aromatic nitrogens is 2. The molecule has 0 unspecified atom stereocenters. The molecule has 0 aromatic carbocycles. The van der Waals surface area contributed by atoms with Gasteiger partial charge in [0, 0.05) is 18.4 Å². The predicted octanol–water partition coefficient (Wildman–Crippen LogP) is 1.07. The predicted molar refractivity (Wildman–Crippen MR) is 68.2 cm³/mol. The molecule has 0 fully saturated rings. The molecule has 0 saturated carbocycles. The molecule has 1 aromatic heterocycles. The van der Waals surface area contributed by atoms with Crippen LogP contribution in [0.5, 0.6) is 0 Å². The highest BCUT2D eigenvalue weighted by Crippen LogP contribution is 1.92. The summed E-state index contributed by atoms with van der Waals surface area (Å²) in [6.07, 6.45) is 4.90. The Morgan fingerprint density at radius 3 is 2.75 bits per heavy atom. The highest BCUT2D eigenvalue weighted by Gasteiger charge is 1.99. The lowest BCUT2D eigenvalue weighted by molar-refractivity contribution is 0.719. The second-order valence-corrected chi connectivity index (χ2v) is 3.94. The van der Waals surface area contributed by atoms with Crippen molar-refractivity contribution in [2.75, 3.05) is 0 Å². The van der Waals surface area contributed by atoms with E-state index in [-0.39, 0.29) is 6.04 Å². The molecule has 1 aromatic rings. The van der Waals surface area contributed by atoms with Gasteiger partial charge in [0.15, 0.2) is 5.11 Å². The summed E-state index contributed by atoms with van der Waals surface area (Å²) in [5, 5.41) is 7.63. The van der Waals surface area contributed by atoms with Crippen LogP contribution in [0.4, 0.5) is 0 Å². The Balaban J connectivity index is 2.55. The van der Waals surface area contributed by atoms with Crippen molar-refractivity contribution in [3.8, 4) is 0 Å². The van der Waals surface area contributed by atoms with Crippen molar-refractivity contribution in [1.29, 1.82) is 0 Å². The summed E-state index contributed by atoms with van der Waals surface area (Å²) in [4.78, 5) is 8.08. The van der Waals surface area contributed by atoms with Crippen LogP contribution in [0.25, 0.3) is 0 Å². The van der Waals surface area contributed by atoms with Crippen LogP contribution < -0.4 is 10.7 Å². The fourth-order valence-electron chi connectivity index (χ4n) is 0.972. The first-order chi connectivity index (χ1) is 7.59. The minimum absolute atomic E-state index is 0.284. The fourth-order valence-corrected chi connectivity index (χ4v) is 1.25. The summed E-state index contributed by atoms with van der Waals surface area (Å²) in [5.41, 5.74) is 4.21. The second-order valence-electron chi connectivity index (χ2n) is 3.53. The molecule has 1 heterocycles. The van der Waals surface area contributed by atoms with Gasteiger partial charge in [-0.05, 0) is 33.0 Å². The summed E-state index contributed by atoms with van der Waals surface area (Å²) in [6.45, 7) is 5.86. The number of hydrazone groups is 1. The Hall–Kier alpha value is -1.56. The van der Waals surface area contributed by atoms with Gasteiger partial charge >= 0.3 is 0 Å². The lowest BCUT2D eigenvalue weighted by Gasteiger charge is -2.10. The van der Waals surface area contributed by atoms with Crippen molar-refractivity contribution >= 4 is 23.0 Å². The van der Waals surface area contributed by atoms with E-state index in [0.29, 0.717) is 5.11 Å². The van der Waals surface area contributed by atoms with E-state index >= 15 is 0 Å². The average Bonchev–Trinajstić information content (AvgIpc) is 2.26. The van der Waals surface area contributed by atoms with Crippen molar-refractivity contribution in [2.24, 2.45) is 5.10 Å². The molecule has 0 bridgehead atoms. The van der Waals surface area contributed by atoms with Gasteiger partial charge in [-0.15, -0.1) is 0 Å². The molecule has 0 aliphatic heterocycles. The molecule has 6 heteroatoms. The second kappa shape index (κ2) is 6.12. The van der Waals surface area contributed by atoms with Gasteiger partial charge in [-0.25, -0.2) is 0 Å². The van der Waals surface area contributed by atoms with E-state index in [0.717, 1.165) is 11.4 Å². The van der Waals surface area contributed by atoms with Crippen molar-refractivity contribution in [1.82, 2.24) is 20.7 Å². The minimum Gasteiger partial charge on any atom is -0.359 e. The van der Waals surface area contributed by atoms with E-state index < -0.39 is 0 Å². The highest BCUT2D eigenvalue weighted by atomic mass is 32.1. The number of hydrogen-bond donors (Lipinski definition) is 2. The molecule has 0 aliphatic carbocycles. The third kappa shape index (κ3) is 4.31. The number of thiocarbonyl (C=S) groups is 1. The van der Waals surface area contributed by atoms with Gasteiger partial charge in [0.25, 0.3) is 0 Å². The van der Waals surface area contributed by atoms with Crippen LogP contribution in [0.15, 0.2) is 23.7 Å². The summed E-state index contributed by atoms with van der Waals surface area (Å²) in [7, 11) is 0. The summed E-state index contributed by atoms with van der Waals surface area (Å²) in [5.74, 6) is 0. The third-order valence-electron chi connectivity index (χ3n) is 1.68. The molecular weight excluding hydrogens is 222 g/mol. The standard InChI is InChI=1S/C10H15N5S/c1-7(2)13-10(16)15-14-8(3)9-6-11-4-5-12-9/h4-7H,1-3H3,(H2,13,15,16). The molecule has 0 spiro atoms. The van der Waals surface area contributed by atoms with Crippen LogP contribution in [-0.4, -0.2) is 26.8 Å². The van der Waals surface area contributed by atoms with E-state index in [1.807, 2.05) is 20.8 Å². The molecule has 1 rings (SSSR count). The van der Waals surface area contributed by atoms with Crippen LogP contribution in [-0.2, 0) is 0 Å². The molecule has 0 saturated heterocycles. The molecule has 2 N–H and O–H groups in total. The van der Waals surface area contributed by atoms with Gasteiger partial charge in [-0.1, -0.05) is 0 Å². The van der Waals surface area contributed by atoms with Crippen LogP contribution in [0, 0.1) is 0 Å². The molecule has 0 atom stereocenters.